The molecule has 0 radical (unpaired) electrons. The molecule has 3 heterocycles. The highest BCUT2D eigenvalue weighted by Crippen LogP contribution is 2.46. The maximum atomic E-state index is 13.0. The van der Waals surface area contributed by atoms with Crippen LogP contribution in [0.2, 0.25) is 0 Å². The van der Waals surface area contributed by atoms with E-state index >= 15 is 0 Å². The van der Waals surface area contributed by atoms with E-state index in [-0.39, 0.29) is 6.42 Å². The highest BCUT2D eigenvalue weighted by molar-refractivity contribution is 6.14. The quantitative estimate of drug-likeness (QED) is 0.196. The summed E-state index contributed by atoms with van der Waals surface area (Å²) in [4.78, 5) is 42.6. The summed E-state index contributed by atoms with van der Waals surface area (Å²) in [6.45, 7) is 1.95. The van der Waals surface area contributed by atoms with E-state index < -0.39 is 23.5 Å². The Bertz CT molecular complexity index is 1880. The molecule has 5 aromatic rings. The number of hydrogen-bond donors (Lipinski definition) is 0. The van der Waals surface area contributed by atoms with Crippen molar-refractivity contribution in [3.05, 3.63) is 129 Å². The van der Waals surface area contributed by atoms with Crippen molar-refractivity contribution in [2.24, 2.45) is 0 Å². The van der Waals surface area contributed by atoms with Gasteiger partial charge in [0, 0.05) is 23.4 Å². The highest BCUT2D eigenvalue weighted by Gasteiger charge is 2.45. The van der Waals surface area contributed by atoms with Gasteiger partial charge < -0.3 is 9.15 Å². The fraction of sp³-hybridized carbons (Fsp3) is 0.0968. The molecule has 1 atom stereocenters. The average molecular weight is 501 g/mol. The molecule has 38 heavy (non-hydrogen) atoms. The second-order valence-electron chi connectivity index (χ2n) is 9.49. The zero-order valence-electron chi connectivity index (χ0n) is 20.3. The van der Waals surface area contributed by atoms with Gasteiger partial charge in [-0.15, -0.1) is 0 Å². The predicted octanol–water partition coefficient (Wildman–Crippen LogP) is 5.02. The van der Waals surface area contributed by atoms with E-state index in [9.17, 15) is 14.4 Å². The smallest absolute Gasteiger partial charge is 0.343 e. The van der Waals surface area contributed by atoms with Crippen LogP contribution in [0.25, 0.3) is 28.0 Å². The summed E-state index contributed by atoms with van der Waals surface area (Å²) < 4.78 is 12.6. The molecule has 0 saturated heterocycles. The van der Waals surface area contributed by atoms with Crippen molar-refractivity contribution in [2.45, 2.75) is 19.3 Å². The monoisotopic (exact) mass is 500 g/mol. The number of imidazole rings is 1. The maximum absolute atomic E-state index is 13.0. The molecule has 7 nitrogen and oxygen atoms in total. The van der Waals surface area contributed by atoms with Gasteiger partial charge in [-0.05, 0) is 36.2 Å². The first kappa shape index (κ1) is 22.2. The van der Waals surface area contributed by atoms with Crippen LogP contribution in [0.4, 0.5) is 0 Å². The number of esters is 2. The average Bonchev–Trinajstić information content (AvgIpc) is 3.44. The lowest BCUT2D eigenvalue weighted by atomic mass is 9.79. The van der Waals surface area contributed by atoms with Crippen LogP contribution < -0.4 is 5.63 Å². The molecule has 2 aliphatic rings. The molecule has 7 rings (SSSR count). The molecule has 0 amide bonds. The highest BCUT2D eigenvalue weighted by atomic mass is 16.6. The Labute approximate surface area is 216 Å². The molecule has 0 fully saturated rings. The van der Waals surface area contributed by atoms with Gasteiger partial charge in [0.05, 0.1) is 34.1 Å². The minimum Gasteiger partial charge on any atom is -0.423 e. The maximum Gasteiger partial charge on any atom is 0.343 e. The van der Waals surface area contributed by atoms with Crippen LogP contribution in [0.1, 0.15) is 28.4 Å². The van der Waals surface area contributed by atoms with Gasteiger partial charge >= 0.3 is 17.6 Å². The third-order valence-electron chi connectivity index (χ3n) is 7.22. The molecular formula is C31H20N2O5. The minimum absolute atomic E-state index is 0.201. The lowest BCUT2D eigenvalue weighted by Gasteiger charge is -2.26. The number of carbonyl (C=O) groups is 2. The molecule has 1 unspecified atom stereocenters. The Balaban J connectivity index is 1.58. The van der Waals surface area contributed by atoms with Gasteiger partial charge in [0.25, 0.3) is 0 Å². The second kappa shape index (κ2) is 8.24. The van der Waals surface area contributed by atoms with Crippen LogP contribution in [-0.4, -0.2) is 21.5 Å². The molecule has 184 valence electrons. The van der Waals surface area contributed by atoms with Crippen molar-refractivity contribution in [3.63, 3.8) is 0 Å². The fourth-order valence-electron chi connectivity index (χ4n) is 5.54. The van der Waals surface area contributed by atoms with E-state index in [1.54, 1.807) is 6.07 Å². The summed E-state index contributed by atoms with van der Waals surface area (Å²) in [7, 11) is 0. The number of hydrogen-bond acceptors (Lipinski definition) is 6. The second-order valence-corrected chi connectivity index (χ2v) is 9.49. The standard InChI is InChI=1S/C31H20N2O5/c1-17-14-24-20(12-13-25(34)37-24)15-23(17)33-28-22(32-29(33)19-10-6-3-7-11-19)16-21-27(31(36)38-30(21)35)26(28)18-8-4-2-5-9-18/h2-15,26H,16H2,1H3. The number of benzene rings is 3. The van der Waals surface area contributed by atoms with E-state index in [1.165, 1.54) is 6.07 Å². The normalized spacial score (nSPS) is 16.5. The van der Waals surface area contributed by atoms with Crippen LogP contribution >= 0.6 is 0 Å². The molecule has 3 aromatic carbocycles. The van der Waals surface area contributed by atoms with Gasteiger partial charge in [0.1, 0.15) is 11.4 Å². The van der Waals surface area contributed by atoms with Crippen LogP contribution in [-0.2, 0) is 20.7 Å². The molecule has 1 aliphatic carbocycles. The van der Waals surface area contributed by atoms with Crippen LogP contribution in [0.3, 0.4) is 0 Å². The zero-order valence-corrected chi connectivity index (χ0v) is 20.3. The summed E-state index contributed by atoms with van der Waals surface area (Å²) in [5.41, 5.74) is 5.76. The van der Waals surface area contributed by atoms with Gasteiger partial charge in [0.15, 0.2) is 0 Å². The Kier molecular flexibility index (Phi) is 4.81. The largest absolute Gasteiger partial charge is 0.423 e. The van der Waals surface area contributed by atoms with Crippen molar-refractivity contribution < 1.29 is 18.7 Å². The first-order valence-corrected chi connectivity index (χ1v) is 12.3. The van der Waals surface area contributed by atoms with Crippen molar-refractivity contribution >= 4 is 22.9 Å². The van der Waals surface area contributed by atoms with E-state index in [1.807, 2.05) is 79.7 Å². The van der Waals surface area contributed by atoms with Crippen LogP contribution in [0.5, 0.6) is 0 Å². The Morgan fingerprint density at radius 1 is 0.868 bits per heavy atom. The predicted molar refractivity (Wildman–Crippen MR) is 140 cm³/mol. The van der Waals surface area contributed by atoms with Crippen molar-refractivity contribution in [2.75, 3.05) is 0 Å². The van der Waals surface area contributed by atoms with E-state index in [0.29, 0.717) is 28.2 Å². The van der Waals surface area contributed by atoms with Gasteiger partial charge in [-0.1, -0.05) is 60.7 Å². The molecule has 0 spiro atoms. The molecule has 2 aromatic heterocycles. The van der Waals surface area contributed by atoms with Crippen molar-refractivity contribution in [3.8, 4) is 17.1 Å². The fourth-order valence-corrected chi connectivity index (χ4v) is 5.54. The molecule has 0 saturated carbocycles. The van der Waals surface area contributed by atoms with Crippen molar-refractivity contribution in [1.29, 1.82) is 0 Å². The van der Waals surface area contributed by atoms with Gasteiger partial charge in [-0.3, -0.25) is 4.57 Å². The van der Waals surface area contributed by atoms with E-state index in [4.69, 9.17) is 14.1 Å². The molecule has 0 bridgehead atoms. The molecule has 0 N–H and O–H groups in total. The van der Waals surface area contributed by atoms with E-state index in [0.717, 1.165) is 33.5 Å². The Morgan fingerprint density at radius 3 is 2.37 bits per heavy atom. The summed E-state index contributed by atoms with van der Waals surface area (Å²) in [5, 5.41) is 0.758. The third kappa shape index (κ3) is 3.29. The lowest BCUT2D eigenvalue weighted by Crippen LogP contribution is -2.21. The minimum atomic E-state index is -0.615. The van der Waals surface area contributed by atoms with Crippen LogP contribution in [0.15, 0.2) is 105 Å². The first-order chi connectivity index (χ1) is 18.5. The summed E-state index contributed by atoms with van der Waals surface area (Å²) in [6.07, 6.45) is 0.201. The Hall–Kier alpha value is -5.04. The third-order valence-corrected chi connectivity index (χ3v) is 7.22. The molecule has 1 aliphatic heterocycles. The number of carbonyl (C=O) groups excluding carboxylic acids is 2. The van der Waals surface area contributed by atoms with Gasteiger partial charge in [-0.2, -0.15) is 0 Å². The zero-order chi connectivity index (χ0) is 26.0. The van der Waals surface area contributed by atoms with Crippen LogP contribution in [0, 0.1) is 6.92 Å². The van der Waals surface area contributed by atoms with E-state index in [2.05, 4.69) is 4.57 Å². The SMILES string of the molecule is Cc1cc2oc(=O)ccc2cc1-n1c(-c2ccccc2)nc2c1C(c1ccccc1)C1=C(C2)C(=O)OC1=O. The summed E-state index contributed by atoms with van der Waals surface area (Å²) >= 11 is 0. The van der Waals surface area contributed by atoms with Gasteiger partial charge in [-0.25, -0.2) is 19.4 Å². The van der Waals surface area contributed by atoms with Crippen molar-refractivity contribution in [1.82, 2.24) is 9.55 Å². The Morgan fingerprint density at radius 2 is 1.61 bits per heavy atom. The number of aromatic nitrogens is 2. The summed E-state index contributed by atoms with van der Waals surface area (Å²) in [6, 6.07) is 26.4. The number of fused-ring (bicyclic) bond motifs is 2. The number of nitrogens with zero attached hydrogens (tertiary/aromatic N) is 2. The number of aryl methyl sites for hydroxylation is 1. The topological polar surface area (TPSA) is 91.4 Å². The first-order valence-electron chi connectivity index (χ1n) is 12.3. The number of rotatable bonds is 3. The lowest BCUT2D eigenvalue weighted by molar-refractivity contribution is -0.151. The number of cyclic esters (lactones) is 2. The van der Waals surface area contributed by atoms with Gasteiger partial charge in [0.2, 0.25) is 0 Å². The molecular weight excluding hydrogens is 480 g/mol. The summed E-state index contributed by atoms with van der Waals surface area (Å²) in [5.74, 6) is -1.08. The number of ether oxygens (including phenoxy) is 1. The molecule has 7 heteroatoms.